The van der Waals surface area contributed by atoms with Crippen molar-refractivity contribution in [3.8, 4) is 0 Å². The van der Waals surface area contributed by atoms with Crippen molar-refractivity contribution in [1.82, 2.24) is 5.32 Å². The minimum atomic E-state index is 1.13. The van der Waals surface area contributed by atoms with Crippen LogP contribution in [0.2, 0.25) is 0 Å². The van der Waals surface area contributed by atoms with Gasteiger partial charge in [-0.2, -0.15) is 0 Å². The van der Waals surface area contributed by atoms with Crippen molar-refractivity contribution in [2.45, 2.75) is 399 Å². The third kappa shape index (κ3) is 70.9. The molecular formula is C72H139N. The highest BCUT2D eigenvalue weighted by Crippen LogP contribution is 2.18. The third-order valence-corrected chi connectivity index (χ3v) is 16.1. The average molecular weight is 1020 g/mol. The molecule has 0 aromatic carbocycles. The van der Waals surface area contributed by atoms with E-state index in [1.54, 1.807) is 0 Å². The highest BCUT2D eigenvalue weighted by atomic mass is 14.8. The van der Waals surface area contributed by atoms with Crippen molar-refractivity contribution in [3.63, 3.8) is 0 Å². The van der Waals surface area contributed by atoms with Crippen LogP contribution in [0.5, 0.6) is 0 Å². The molecule has 0 aliphatic carbocycles. The molecule has 0 amide bonds. The van der Waals surface area contributed by atoms with Crippen molar-refractivity contribution < 1.29 is 0 Å². The summed E-state index contributed by atoms with van der Waals surface area (Å²) in [4.78, 5) is 0. The van der Waals surface area contributed by atoms with Crippen LogP contribution in [-0.2, 0) is 0 Å². The first-order chi connectivity index (χ1) is 36.4. The van der Waals surface area contributed by atoms with Gasteiger partial charge >= 0.3 is 0 Å². The van der Waals surface area contributed by atoms with Crippen molar-refractivity contribution in [3.05, 3.63) is 48.6 Å². The van der Waals surface area contributed by atoms with Crippen LogP contribution >= 0.6 is 0 Å². The molecule has 432 valence electrons. The lowest BCUT2D eigenvalue weighted by molar-refractivity contribution is 0.516. The summed E-state index contributed by atoms with van der Waals surface area (Å²) in [6, 6.07) is 0. The van der Waals surface area contributed by atoms with E-state index in [2.05, 4.69) is 67.8 Å². The van der Waals surface area contributed by atoms with E-state index >= 15 is 0 Å². The minimum absolute atomic E-state index is 1.13. The molecule has 1 N–H and O–H groups in total. The number of hydrogen-bond acceptors (Lipinski definition) is 1. The van der Waals surface area contributed by atoms with Crippen LogP contribution in [0.4, 0.5) is 0 Å². The summed E-state index contributed by atoms with van der Waals surface area (Å²) in [5.74, 6) is 0. The summed E-state index contributed by atoms with van der Waals surface area (Å²) in [5.41, 5.74) is 0. The summed E-state index contributed by atoms with van der Waals surface area (Å²) in [7, 11) is 0. The minimum Gasteiger partial charge on any atom is -0.317 e. The standard InChI is InChI=1S/C72H139N/c1-3-5-7-9-11-13-15-17-19-21-23-25-27-29-31-33-35-37-39-41-43-45-47-49-51-53-55-57-59-61-63-65-67-69-71-73-72-70-68-66-64-62-60-58-56-54-52-50-48-46-44-42-40-38-36-34-32-30-28-26-24-22-20-18-16-14-12-10-8-6-4-2/h23,25,29,31,42,44,48,50,73H,3-22,24,26-28,30,32-41,43,45-47,49,51-72H2,1-2H3. The van der Waals surface area contributed by atoms with Crippen LogP contribution in [0.1, 0.15) is 399 Å². The first kappa shape index (κ1) is 71.9. The monoisotopic (exact) mass is 1020 g/mol. The fraction of sp³-hybridized carbons (Fsp3) is 0.889. The Morgan fingerprint density at radius 2 is 0.315 bits per heavy atom. The van der Waals surface area contributed by atoms with E-state index in [0.29, 0.717) is 0 Å². The van der Waals surface area contributed by atoms with Gasteiger partial charge in [0.25, 0.3) is 0 Å². The second-order valence-corrected chi connectivity index (χ2v) is 23.6. The lowest BCUT2D eigenvalue weighted by atomic mass is 10.0. The summed E-state index contributed by atoms with van der Waals surface area (Å²) in [6.45, 7) is 7.09. The third-order valence-electron chi connectivity index (χ3n) is 16.1. The average Bonchev–Trinajstić information content (AvgIpc) is 3.40. The topological polar surface area (TPSA) is 12.0 Å². The maximum atomic E-state index is 3.72. The van der Waals surface area contributed by atoms with E-state index in [-0.39, 0.29) is 0 Å². The van der Waals surface area contributed by atoms with E-state index in [1.165, 1.54) is 385 Å². The lowest BCUT2D eigenvalue weighted by Crippen LogP contribution is -2.16. The zero-order chi connectivity index (χ0) is 52.2. The van der Waals surface area contributed by atoms with E-state index in [0.717, 1.165) is 12.8 Å². The van der Waals surface area contributed by atoms with Gasteiger partial charge in [-0.25, -0.2) is 0 Å². The molecule has 0 aromatic rings. The Bertz CT molecular complexity index is 1050. The fourth-order valence-electron chi connectivity index (χ4n) is 11.0. The van der Waals surface area contributed by atoms with E-state index in [1.807, 2.05) is 0 Å². The Kier molecular flexibility index (Phi) is 69.9. The van der Waals surface area contributed by atoms with Crippen molar-refractivity contribution in [1.29, 1.82) is 0 Å². The fourth-order valence-corrected chi connectivity index (χ4v) is 11.0. The van der Waals surface area contributed by atoms with Gasteiger partial charge in [-0.1, -0.05) is 371 Å². The van der Waals surface area contributed by atoms with Crippen molar-refractivity contribution >= 4 is 0 Å². The molecule has 0 aliphatic rings. The highest BCUT2D eigenvalue weighted by Gasteiger charge is 1.99. The quantitative estimate of drug-likeness (QED) is 0.0473. The second kappa shape index (κ2) is 70.9. The number of unbranched alkanes of at least 4 members (excludes halogenated alkanes) is 54. The van der Waals surface area contributed by atoms with Gasteiger partial charge in [0, 0.05) is 0 Å². The van der Waals surface area contributed by atoms with E-state index in [9.17, 15) is 0 Å². The van der Waals surface area contributed by atoms with Gasteiger partial charge < -0.3 is 5.32 Å². The molecule has 0 radical (unpaired) electrons. The summed E-state index contributed by atoms with van der Waals surface area (Å²) in [5, 5.41) is 3.72. The Morgan fingerprint density at radius 3 is 0.493 bits per heavy atom. The van der Waals surface area contributed by atoms with Gasteiger partial charge in [-0.05, 0) is 90.1 Å². The molecule has 0 saturated carbocycles. The summed E-state index contributed by atoms with van der Waals surface area (Å²) >= 11 is 0. The largest absolute Gasteiger partial charge is 0.317 e. The number of hydrogen-bond donors (Lipinski definition) is 1. The van der Waals surface area contributed by atoms with E-state index in [4.69, 9.17) is 0 Å². The van der Waals surface area contributed by atoms with Crippen molar-refractivity contribution in [2.75, 3.05) is 13.1 Å². The Balaban J connectivity index is 3.16. The predicted molar refractivity (Wildman–Crippen MR) is 338 cm³/mol. The first-order valence-corrected chi connectivity index (χ1v) is 34.7. The molecular weight excluding hydrogens is 879 g/mol. The van der Waals surface area contributed by atoms with Crippen LogP contribution in [0.25, 0.3) is 0 Å². The Labute approximate surface area is 463 Å². The van der Waals surface area contributed by atoms with Gasteiger partial charge in [-0.3, -0.25) is 0 Å². The Hall–Kier alpha value is -1.08. The highest BCUT2D eigenvalue weighted by molar-refractivity contribution is 4.93. The maximum Gasteiger partial charge on any atom is -0.00489 e. The smallest absolute Gasteiger partial charge is 0.00489 e. The SMILES string of the molecule is CCCCCCCCCCCC=CCC=CCCCCCCCCCCCCCCCCCCCCNCCCCCCCCCCCC=CCC=CCCCCCCCCCCCCCCCCCCCC. The molecule has 0 fully saturated rings. The van der Waals surface area contributed by atoms with Gasteiger partial charge in [0.2, 0.25) is 0 Å². The van der Waals surface area contributed by atoms with Crippen LogP contribution in [0.15, 0.2) is 48.6 Å². The van der Waals surface area contributed by atoms with Gasteiger partial charge in [-0.15, -0.1) is 0 Å². The molecule has 0 heterocycles. The molecule has 0 atom stereocenters. The lowest BCUT2D eigenvalue weighted by Gasteiger charge is -2.06. The number of allylic oxidation sites excluding steroid dienone is 8. The molecule has 0 rings (SSSR count). The molecule has 0 spiro atoms. The number of nitrogens with one attached hydrogen (secondary N) is 1. The van der Waals surface area contributed by atoms with Crippen LogP contribution in [0, 0.1) is 0 Å². The van der Waals surface area contributed by atoms with Gasteiger partial charge in [0.05, 0.1) is 0 Å². The van der Waals surface area contributed by atoms with E-state index < -0.39 is 0 Å². The molecule has 0 bridgehead atoms. The molecule has 0 aromatic heterocycles. The van der Waals surface area contributed by atoms with Gasteiger partial charge in [0.1, 0.15) is 0 Å². The Morgan fingerprint density at radius 1 is 0.164 bits per heavy atom. The zero-order valence-electron chi connectivity index (χ0n) is 51.0. The first-order valence-electron chi connectivity index (χ1n) is 34.7. The van der Waals surface area contributed by atoms with Crippen LogP contribution in [0.3, 0.4) is 0 Å². The molecule has 1 nitrogen and oxygen atoms in total. The maximum absolute atomic E-state index is 3.72. The zero-order valence-corrected chi connectivity index (χ0v) is 51.0. The normalized spacial score (nSPS) is 12.2. The molecule has 0 unspecified atom stereocenters. The van der Waals surface area contributed by atoms with Crippen molar-refractivity contribution in [2.24, 2.45) is 0 Å². The van der Waals surface area contributed by atoms with Crippen LogP contribution < -0.4 is 5.32 Å². The van der Waals surface area contributed by atoms with Gasteiger partial charge in [0.15, 0.2) is 0 Å². The molecule has 0 saturated heterocycles. The number of rotatable bonds is 66. The predicted octanol–water partition coefficient (Wildman–Crippen LogP) is 26.2. The van der Waals surface area contributed by atoms with Crippen LogP contribution in [-0.4, -0.2) is 13.1 Å². The summed E-state index contributed by atoms with van der Waals surface area (Å²) < 4.78 is 0. The summed E-state index contributed by atoms with van der Waals surface area (Å²) in [6.07, 6.45) is 105. The molecule has 0 aliphatic heterocycles. The second-order valence-electron chi connectivity index (χ2n) is 23.6. The molecule has 73 heavy (non-hydrogen) atoms. The molecule has 1 heteroatoms.